The van der Waals surface area contributed by atoms with E-state index in [-0.39, 0.29) is 0 Å². The highest BCUT2D eigenvalue weighted by molar-refractivity contribution is 9.10. The number of benzene rings is 1. The Hall–Kier alpha value is -0.340. The van der Waals surface area contributed by atoms with E-state index in [0.29, 0.717) is 0 Å². The molecule has 1 aromatic rings. The van der Waals surface area contributed by atoms with Gasteiger partial charge in [0.25, 0.3) is 0 Å². The molecule has 0 amide bonds. The Bertz CT molecular complexity index is 280. The van der Waals surface area contributed by atoms with Crippen LogP contribution in [0.3, 0.4) is 0 Å². The number of hydrogen-bond acceptors (Lipinski definition) is 1. The lowest BCUT2D eigenvalue weighted by molar-refractivity contribution is 0.456. The third kappa shape index (κ3) is 4.80. The lowest BCUT2D eigenvalue weighted by atomic mass is 9.95. The Morgan fingerprint density at radius 3 is 2.80 bits per heavy atom. The monoisotopic (exact) mass is 269 g/mol. The van der Waals surface area contributed by atoms with Crippen LogP contribution < -0.4 is 5.32 Å². The fourth-order valence-corrected chi connectivity index (χ4v) is 2.42. The molecule has 0 bridgehead atoms. The van der Waals surface area contributed by atoms with Gasteiger partial charge < -0.3 is 5.32 Å². The molecule has 0 saturated heterocycles. The van der Waals surface area contributed by atoms with Gasteiger partial charge >= 0.3 is 0 Å². The molecule has 0 fully saturated rings. The van der Waals surface area contributed by atoms with Gasteiger partial charge in [-0.3, -0.25) is 0 Å². The lowest BCUT2D eigenvalue weighted by Crippen LogP contribution is -2.20. The molecule has 0 spiro atoms. The quantitative estimate of drug-likeness (QED) is 0.832. The van der Waals surface area contributed by atoms with Crippen LogP contribution in [0.2, 0.25) is 0 Å². The van der Waals surface area contributed by atoms with Crippen LogP contribution in [-0.2, 0) is 6.42 Å². The average Bonchev–Trinajstić information content (AvgIpc) is 2.18. The average molecular weight is 270 g/mol. The summed E-state index contributed by atoms with van der Waals surface area (Å²) >= 11 is 3.51. The van der Waals surface area contributed by atoms with Gasteiger partial charge in [0.1, 0.15) is 0 Å². The molecule has 84 valence electrons. The standard InChI is InChI=1S/C13H20BrN/c1-3-5-12(10-15-2)8-11-6-4-7-13(14)9-11/h4,6-7,9,12,15H,3,5,8,10H2,1-2H3. The fourth-order valence-electron chi connectivity index (χ4n) is 1.97. The molecule has 0 aliphatic rings. The highest BCUT2D eigenvalue weighted by atomic mass is 79.9. The molecule has 1 nitrogen and oxygen atoms in total. The second-order valence-electron chi connectivity index (χ2n) is 4.05. The van der Waals surface area contributed by atoms with E-state index in [1.165, 1.54) is 29.3 Å². The molecule has 0 heterocycles. The van der Waals surface area contributed by atoms with Crippen LogP contribution in [0.15, 0.2) is 28.7 Å². The molecule has 0 aromatic heterocycles. The van der Waals surface area contributed by atoms with Gasteiger partial charge in [-0.15, -0.1) is 0 Å². The van der Waals surface area contributed by atoms with Crippen LogP contribution in [0.25, 0.3) is 0 Å². The first-order valence-electron chi connectivity index (χ1n) is 5.65. The van der Waals surface area contributed by atoms with E-state index in [1.807, 2.05) is 7.05 Å². The summed E-state index contributed by atoms with van der Waals surface area (Å²) in [4.78, 5) is 0. The number of rotatable bonds is 6. The Kier molecular flexibility index (Phi) is 5.96. The summed E-state index contributed by atoms with van der Waals surface area (Å²) < 4.78 is 1.18. The molecule has 15 heavy (non-hydrogen) atoms. The molecule has 1 atom stereocenters. The van der Waals surface area contributed by atoms with Crippen LogP contribution in [0.1, 0.15) is 25.3 Å². The molecular formula is C13H20BrN. The van der Waals surface area contributed by atoms with Crippen LogP contribution in [-0.4, -0.2) is 13.6 Å². The van der Waals surface area contributed by atoms with Crippen molar-refractivity contribution in [2.75, 3.05) is 13.6 Å². The minimum Gasteiger partial charge on any atom is -0.319 e. The molecule has 2 heteroatoms. The second kappa shape index (κ2) is 7.02. The van der Waals surface area contributed by atoms with Crippen LogP contribution in [0.4, 0.5) is 0 Å². The summed E-state index contributed by atoms with van der Waals surface area (Å²) in [7, 11) is 2.03. The predicted molar refractivity (Wildman–Crippen MR) is 70.2 cm³/mol. The van der Waals surface area contributed by atoms with Crippen molar-refractivity contribution in [2.24, 2.45) is 5.92 Å². The molecule has 1 N–H and O–H groups in total. The Balaban J connectivity index is 2.56. The summed E-state index contributed by atoms with van der Waals surface area (Å²) in [5.74, 6) is 0.759. The largest absolute Gasteiger partial charge is 0.319 e. The zero-order valence-corrected chi connectivity index (χ0v) is 11.2. The molecule has 0 saturated carbocycles. The molecular weight excluding hydrogens is 250 g/mol. The van der Waals surface area contributed by atoms with Crippen molar-refractivity contribution in [3.63, 3.8) is 0 Å². The molecule has 0 radical (unpaired) electrons. The summed E-state index contributed by atoms with van der Waals surface area (Å²) in [5, 5.41) is 3.28. The number of hydrogen-bond donors (Lipinski definition) is 1. The Labute approximate surface area is 101 Å². The topological polar surface area (TPSA) is 12.0 Å². The second-order valence-corrected chi connectivity index (χ2v) is 4.96. The first-order chi connectivity index (χ1) is 7.26. The van der Waals surface area contributed by atoms with Crippen LogP contribution in [0.5, 0.6) is 0 Å². The third-order valence-electron chi connectivity index (χ3n) is 2.60. The minimum atomic E-state index is 0.759. The maximum atomic E-state index is 3.51. The van der Waals surface area contributed by atoms with E-state index < -0.39 is 0 Å². The van der Waals surface area contributed by atoms with Gasteiger partial charge in [0, 0.05) is 4.47 Å². The number of nitrogens with one attached hydrogen (secondary N) is 1. The zero-order valence-electron chi connectivity index (χ0n) is 9.59. The maximum absolute atomic E-state index is 3.51. The van der Waals surface area contributed by atoms with Crippen molar-refractivity contribution in [1.29, 1.82) is 0 Å². The maximum Gasteiger partial charge on any atom is 0.0177 e. The summed E-state index contributed by atoms with van der Waals surface area (Å²) in [5.41, 5.74) is 1.43. The van der Waals surface area contributed by atoms with Crippen molar-refractivity contribution in [3.05, 3.63) is 34.3 Å². The van der Waals surface area contributed by atoms with E-state index >= 15 is 0 Å². The van der Waals surface area contributed by atoms with Crippen molar-refractivity contribution >= 4 is 15.9 Å². The van der Waals surface area contributed by atoms with Gasteiger partial charge in [-0.2, -0.15) is 0 Å². The number of halogens is 1. The fraction of sp³-hybridized carbons (Fsp3) is 0.538. The Morgan fingerprint density at radius 1 is 1.40 bits per heavy atom. The Morgan fingerprint density at radius 2 is 2.20 bits per heavy atom. The molecule has 1 rings (SSSR count). The summed E-state index contributed by atoms with van der Waals surface area (Å²) in [6, 6.07) is 8.62. The predicted octanol–water partition coefficient (Wildman–Crippen LogP) is 3.63. The van der Waals surface area contributed by atoms with E-state index in [9.17, 15) is 0 Å². The van der Waals surface area contributed by atoms with Crippen LogP contribution in [0, 0.1) is 5.92 Å². The first-order valence-corrected chi connectivity index (χ1v) is 6.44. The van der Waals surface area contributed by atoms with E-state index in [4.69, 9.17) is 0 Å². The SMILES string of the molecule is CCCC(CNC)Cc1cccc(Br)c1. The van der Waals surface area contributed by atoms with E-state index in [2.05, 4.69) is 52.4 Å². The molecule has 0 aliphatic carbocycles. The van der Waals surface area contributed by atoms with Gasteiger partial charge in [0.15, 0.2) is 0 Å². The minimum absolute atomic E-state index is 0.759. The van der Waals surface area contributed by atoms with E-state index in [1.54, 1.807) is 0 Å². The van der Waals surface area contributed by atoms with Crippen molar-refractivity contribution < 1.29 is 0 Å². The van der Waals surface area contributed by atoms with Crippen molar-refractivity contribution in [3.8, 4) is 0 Å². The van der Waals surface area contributed by atoms with Gasteiger partial charge in [-0.25, -0.2) is 0 Å². The molecule has 0 aliphatic heterocycles. The highest BCUT2D eigenvalue weighted by Gasteiger charge is 2.07. The van der Waals surface area contributed by atoms with Crippen LogP contribution >= 0.6 is 15.9 Å². The summed E-state index contributed by atoms with van der Waals surface area (Å²) in [6.07, 6.45) is 3.74. The highest BCUT2D eigenvalue weighted by Crippen LogP contribution is 2.17. The smallest absolute Gasteiger partial charge is 0.0177 e. The van der Waals surface area contributed by atoms with E-state index in [0.717, 1.165) is 12.5 Å². The third-order valence-corrected chi connectivity index (χ3v) is 3.10. The van der Waals surface area contributed by atoms with Crippen molar-refractivity contribution in [2.45, 2.75) is 26.2 Å². The summed E-state index contributed by atoms with van der Waals surface area (Å²) in [6.45, 7) is 3.37. The van der Waals surface area contributed by atoms with Gasteiger partial charge in [-0.1, -0.05) is 41.4 Å². The molecule has 1 unspecified atom stereocenters. The van der Waals surface area contributed by atoms with Gasteiger partial charge in [0.2, 0.25) is 0 Å². The molecule has 1 aromatic carbocycles. The normalized spacial score (nSPS) is 12.7. The van der Waals surface area contributed by atoms with Crippen molar-refractivity contribution in [1.82, 2.24) is 5.32 Å². The lowest BCUT2D eigenvalue weighted by Gasteiger charge is -2.15. The zero-order chi connectivity index (χ0) is 11.1. The van der Waals surface area contributed by atoms with Gasteiger partial charge in [-0.05, 0) is 50.0 Å². The first kappa shape index (κ1) is 12.7. The van der Waals surface area contributed by atoms with Gasteiger partial charge in [0.05, 0.1) is 0 Å².